The van der Waals surface area contributed by atoms with Gasteiger partial charge in [0.05, 0.1) is 17.8 Å². The molecule has 9 atom stereocenters. The van der Waals surface area contributed by atoms with Crippen molar-refractivity contribution >= 4 is 38.7 Å². The summed E-state index contributed by atoms with van der Waals surface area (Å²) in [7, 11) is -3.91. The molecular weight excluding hydrogens is 697 g/mol. The lowest BCUT2D eigenvalue weighted by molar-refractivity contribution is -0.177. The third-order valence-electron chi connectivity index (χ3n) is 14.4. The van der Waals surface area contributed by atoms with E-state index in [1.807, 2.05) is 0 Å². The first-order valence-electron chi connectivity index (χ1n) is 18.1. The molecule has 0 radical (unpaired) electrons. The van der Waals surface area contributed by atoms with Gasteiger partial charge in [0.25, 0.3) is 10.0 Å². The van der Waals surface area contributed by atoms with E-state index in [1.165, 1.54) is 27.8 Å². The predicted octanol–water partition coefficient (Wildman–Crippen LogP) is 7.11. The van der Waals surface area contributed by atoms with Gasteiger partial charge in [-0.3, -0.25) is 4.79 Å². The van der Waals surface area contributed by atoms with E-state index in [0.29, 0.717) is 44.3 Å². The Morgan fingerprint density at radius 1 is 1.06 bits per heavy atom. The summed E-state index contributed by atoms with van der Waals surface area (Å²) in [5.74, 6) is -0.814. The zero-order chi connectivity index (χ0) is 35.3. The third-order valence-corrected chi connectivity index (χ3v) is 17.9. The molecule has 2 aromatic rings. The Kier molecular flexibility index (Phi) is 8.47. The number of aliphatic hydroxyl groups is 2. The molecular formula is C39H47ClFNO6S2. The maximum atomic E-state index is 15.1. The first-order chi connectivity index (χ1) is 23.7. The van der Waals surface area contributed by atoms with Crippen LogP contribution in [-0.4, -0.2) is 66.2 Å². The average molecular weight is 744 g/mol. The molecule has 270 valence electrons. The summed E-state index contributed by atoms with van der Waals surface area (Å²) in [6, 6.07) is 7.80. The van der Waals surface area contributed by atoms with Gasteiger partial charge in [-0.15, -0.1) is 11.3 Å². The van der Waals surface area contributed by atoms with Crippen molar-refractivity contribution in [3.8, 4) is 0 Å². The van der Waals surface area contributed by atoms with Gasteiger partial charge in [0.1, 0.15) is 10.0 Å². The molecule has 7 aliphatic rings. The zero-order valence-corrected chi connectivity index (χ0v) is 31.1. The monoisotopic (exact) mass is 743 g/mol. The second kappa shape index (κ2) is 12.1. The number of nitrogens with zero attached hydrogens (tertiary/aromatic N) is 1. The lowest BCUT2D eigenvalue weighted by Crippen LogP contribution is -2.67. The largest absolute Gasteiger partial charge is 0.393 e. The van der Waals surface area contributed by atoms with Gasteiger partial charge in [0.2, 0.25) is 0 Å². The molecule has 11 heteroatoms. The van der Waals surface area contributed by atoms with Crippen LogP contribution in [0.3, 0.4) is 0 Å². The van der Waals surface area contributed by atoms with Crippen LogP contribution in [-0.2, 0) is 26.0 Å². The Balaban J connectivity index is 1.21. The van der Waals surface area contributed by atoms with E-state index < -0.39 is 43.8 Å². The zero-order valence-electron chi connectivity index (χ0n) is 28.7. The molecule has 2 bridgehead atoms. The molecule has 1 aromatic carbocycles. The van der Waals surface area contributed by atoms with E-state index in [-0.39, 0.29) is 63.4 Å². The summed E-state index contributed by atoms with van der Waals surface area (Å²) in [6.07, 6.45) is 11.7. The summed E-state index contributed by atoms with van der Waals surface area (Å²) in [5, 5.41) is 25.9. The fourth-order valence-electron chi connectivity index (χ4n) is 11.7. The molecule has 2 spiro atoms. The Morgan fingerprint density at radius 3 is 2.54 bits per heavy atom. The summed E-state index contributed by atoms with van der Waals surface area (Å²) in [6.45, 7) is 5.12. The minimum atomic E-state index is -3.91. The predicted molar refractivity (Wildman–Crippen MR) is 191 cm³/mol. The minimum absolute atomic E-state index is 0.0597. The Morgan fingerprint density at radius 2 is 1.82 bits per heavy atom. The molecule has 2 N–H and O–H groups in total. The van der Waals surface area contributed by atoms with Crippen molar-refractivity contribution in [3.05, 3.63) is 75.9 Å². The molecule has 9 rings (SSSR count). The number of ketones is 1. The van der Waals surface area contributed by atoms with Crippen LogP contribution in [0.1, 0.15) is 77.2 Å². The fraction of sp³-hybridized carbons (Fsp3) is 0.615. The lowest BCUT2D eigenvalue weighted by atomic mass is 9.32. The highest BCUT2D eigenvalue weighted by Gasteiger charge is 2.74. The molecule has 2 heterocycles. The number of thiophene rings is 1. The molecule has 0 amide bonds. The maximum Gasteiger partial charge on any atom is 0.252 e. The SMILES string of the molecule is C[C@]12CC[C@H]3[C@]4(C=C[C@@]5(C=C4C(=O)Cc4c(F)cccc4Cl)CC(O)CC[C@]35C)[C@@H]1CC[C@@]2(O)CN(C[C@H]1CCCO1)S(=O)(=O)c1cccs1. The molecule has 7 nitrogen and oxygen atoms in total. The summed E-state index contributed by atoms with van der Waals surface area (Å²) in [5.41, 5.74) is -2.77. The number of hydrogen-bond donors (Lipinski definition) is 2. The smallest absolute Gasteiger partial charge is 0.252 e. The first kappa shape index (κ1) is 35.1. The maximum absolute atomic E-state index is 15.1. The van der Waals surface area contributed by atoms with Crippen molar-refractivity contribution < 1.29 is 32.6 Å². The van der Waals surface area contributed by atoms with Crippen molar-refractivity contribution in [2.24, 2.45) is 33.5 Å². The van der Waals surface area contributed by atoms with Crippen molar-refractivity contribution in [2.45, 2.75) is 100 Å². The number of sulfonamides is 1. The van der Waals surface area contributed by atoms with E-state index in [4.69, 9.17) is 16.3 Å². The molecule has 3 saturated carbocycles. The quantitative estimate of drug-likeness (QED) is 0.266. The van der Waals surface area contributed by atoms with E-state index in [9.17, 15) is 23.4 Å². The van der Waals surface area contributed by atoms with Crippen molar-refractivity contribution in [1.82, 2.24) is 4.31 Å². The number of aliphatic hydroxyl groups excluding tert-OH is 1. The highest BCUT2D eigenvalue weighted by Crippen LogP contribution is 2.78. The number of Topliss-reactive ketones (excluding diaryl/α,β-unsaturated/α-hetero) is 1. The topological polar surface area (TPSA) is 104 Å². The van der Waals surface area contributed by atoms with E-state index in [1.54, 1.807) is 23.6 Å². The Bertz CT molecular complexity index is 1840. The number of rotatable bonds is 9. The van der Waals surface area contributed by atoms with Gasteiger partial charge in [-0.05, 0) is 98.6 Å². The number of allylic oxidation sites excluding steroid dienone is 4. The summed E-state index contributed by atoms with van der Waals surface area (Å²) in [4.78, 5) is 14.7. The molecule has 6 aliphatic carbocycles. The number of hydrogen-bond acceptors (Lipinski definition) is 7. The average Bonchev–Trinajstić information content (AvgIpc) is 3.85. The number of fused-ring (bicyclic) bond motifs is 1. The van der Waals surface area contributed by atoms with Crippen LogP contribution in [0.15, 0.2) is 63.7 Å². The van der Waals surface area contributed by atoms with Gasteiger partial charge in [-0.2, -0.15) is 4.31 Å². The highest BCUT2D eigenvalue weighted by atomic mass is 35.5. The van der Waals surface area contributed by atoms with E-state index in [2.05, 4.69) is 32.1 Å². The van der Waals surface area contributed by atoms with Crippen LogP contribution < -0.4 is 0 Å². The molecule has 1 aromatic heterocycles. The van der Waals surface area contributed by atoms with Gasteiger partial charge < -0.3 is 14.9 Å². The molecule has 1 saturated heterocycles. The molecule has 50 heavy (non-hydrogen) atoms. The normalized spacial score (nSPS) is 40.4. The van der Waals surface area contributed by atoms with Gasteiger partial charge in [-0.1, -0.05) is 55.8 Å². The fourth-order valence-corrected chi connectivity index (χ4v) is 14.6. The number of carbonyl (C=O) groups excluding carboxylic acids is 1. The van der Waals surface area contributed by atoms with Crippen molar-refractivity contribution in [2.75, 3.05) is 19.7 Å². The molecule has 1 unspecified atom stereocenters. The van der Waals surface area contributed by atoms with Crippen LogP contribution in [0.2, 0.25) is 5.02 Å². The van der Waals surface area contributed by atoms with E-state index >= 15 is 4.39 Å². The summed E-state index contributed by atoms with van der Waals surface area (Å²) < 4.78 is 51.1. The van der Waals surface area contributed by atoms with Gasteiger partial charge in [0, 0.05) is 58.5 Å². The van der Waals surface area contributed by atoms with Crippen molar-refractivity contribution in [1.29, 1.82) is 0 Å². The number of ether oxygens (including phenoxy) is 1. The van der Waals surface area contributed by atoms with Crippen LogP contribution in [0.5, 0.6) is 0 Å². The third kappa shape index (κ3) is 4.91. The Labute approximate surface area is 303 Å². The van der Waals surface area contributed by atoms with Crippen molar-refractivity contribution in [3.63, 3.8) is 0 Å². The number of halogens is 2. The lowest BCUT2D eigenvalue weighted by Gasteiger charge is -2.71. The Hall–Kier alpha value is -1.92. The number of benzene rings is 1. The van der Waals surface area contributed by atoms with Crippen LogP contribution >= 0.6 is 22.9 Å². The minimum Gasteiger partial charge on any atom is -0.393 e. The van der Waals surface area contributed by atoms with Gasteiger partial charge >= 0.3 is 0 Å². The van der Waals surface area contributed by atoms with Crippen LogP contribution in [0.4, 0.5) is 4.39 Å². The van der Waals surface area contributed by atoms with Gasteiger partial charge in [0.15, 0.2) is 5.78 Å². The first-order valence-corrected chi connectivity index (χ1v) is 20.8. The highest BCUT2D eigenvalue weighted by molar-refractivity contribution is 7.91. The van der Waals surface area contributed by atoms with E-state index in [0.717, 1.165) is 25.7 Å². The second-order valence-corrected chi connectivity index (χ2v) is 20.0. The summed E-state index contributed by atoms with van der Waals surface area (Å²) >= 11 is 7.63. The van der Waals surface area contributed by atoms with Gasteiger partial charge in [-0.25, -0.2) is 12.8 Å². The number of carbonyl (C=O) groups is 1. The van der Waals surface area contributed by atoms with Crippen LogP contribution in [0, 0.1) is 39.3 Å². The standard InChI is InChI=1S/C39H47ClFNO6S2/c1-35-13-10-25(43)21-37(35)16-17-39(28(22-37)31(44)20-27-29(40)7-3-8-30(27)41)32(35)11-14-36(2)33(39)12-15-38(36,45)24-42(23-26-6-4-18-48-26)50(46,47)34-9-5-19-49-34/h3,5,7-9,16-17,19,22,25-26,32-33,43,45H,4,6,10-15,18,20-21,23-24H2,1-2H3/t25?,26-,32-,33-,35-,36+,37+,38-,39-/m1/s1. The van der Waals surface area contributed by atoms with Crippen LogP contribution in [0.25, 0.3) is 0 Å². The molecule has 4 fully saturated rings. The second-order valence-electron chi connectivity index (χ2n) is 16.5. The molecule has 1 aliphatic heterocycles.